The van der Waals surface area contributed by atoms with Crippen LogP contribution in [-0.4, -0.2) is 41.6 Å². The Morgan fingerprint density at radius 1 is 1.20 bits per heavy atom. The lowest BCUT2D eigenvalue weighted by atomic mass is 9.87. The highest BCUT2D eigenvalue weighted by Gasteiger charge is 2.47. The minimum atomic E-state index is -2.59. The average molecular weight is 411 g/mol. The van der Waals surface area contributed by atoms with Crippen LogP contribution in [0.5, 0.6) is 0 Å². The van der Waals surface area contributed by atoms with E-state index < -0.39 is 5.92 Å². The second-order valence-corrected chi connectivity index (χ2v) is 8.43. The van der Waals surface area contributed by atoms with E-state index in [9.17, 15) is 8.78 Å². The summed E-state index contributed by atoms with van der Waals surface area (Å²) in [5, 5.41) is 7.74. The molecule has 4 aromatic rings. The minimum Gasteiger partial charge on any atom is -0.353 e. The highest BCUT2D eigenvalue weighted by atomic mass is 19.3. The third-order valence-electron chi connectivity index (χ3n) is 5.55. The number of imidazole rings is 1. The van der Waals surface area contributed by atoms with Crippen LogP contribution in [0.4, 0.5) is 14.7 Å². The maximum Gasteiger partial charge on any atom is 0.252 e. The first-order valence-corrected chi connectivity index (χ1v) is 10.1. The SMILES string of the molecule is Cc1nc2ncc(-c3ccn4nc(NCC(C)C)ncc34)cc2n1C1CC(F)(F)C1. The molecule has 5 rings (SSSR count). The fraction of sp³-hybridized carbons (Fsp3) is 0.429. The lowest BCUT2D eigenvalue weighted by molar-refractivity contribution is -0.103. The predicted octanol–water partition coefficient (Wildman–Crippen LogP) is 4.49. The largest absolute Gasteiger partial charge is 0.353 e. The van der Waals surface area contributed by atoms with Gasteiger partial charge in [-0.1, -0.05) is 13.8 Å². The van der Waals surface area contributed by atoms with Gasteiger partial charge in [0.2, 0.25) is 5.95 Å². The van der Waals surface area contributed by atoms with Gasteiger partial charge in [-0.25, -0.2) is 28.2 Å². The van der Waals surface area contributed by atoms with Crippen LogP contribution in [0.15, 0.2) is 30.7 Å². The molecule has 0 saturated heterocycles. The lowest BCUT2D eigenvalue weighted by Gasteiger charge is -2.36. The second-order valence-electron chi connectivity index (χ2n) is 8.43. The lowest BCUT2D eigenvalue weighted by Crippen LogP contribution is -2.37. The summed E-state index contributed by atoms with van der Waals surface area (Å²) >= 11 is 0. The van der Waals surface area contributed by atoms with E-state index in [1.807, 2.05) is 29.8 Å². The van der Waals surface area contributed by atoms with Gasteiger partial charge in [-0.2, -0.15) is 0 Å². The van der Waals surface area contributed by atoms with Gasteiger partial charge < -0.3 is 9.88 Å². The molecule has 1 N–H and O–H groups in total. The Morgan fingerprint density at radius 3 is 2.73 bits per heavy atom. The topological polar surface area (TPSA) is 72.9 Å². The predicted molar refractivity (Wildman–Crippen MR) is 111 cm³/mol. The number of aromatic nitrogens is 6. The number of pyridine rings is 1. The first-order valence-electron chi connectivity index (χ1n) is 10.1. The maximum absolute atomic E-state index is 13.4. The molecule has 0 radical (unpaired) electrons. The van der Waals surface area contributed by atoms with Crippen molar-refractivity contribution in [3.05, 3.63) is 36.5 Å². The molecule has 9 heteroatoms. The molecule has 0 aliphatic heterocycles. The number of anilines is 1. The van der Waals surface area contributed by atoms with Gasteiger partial charge in [0.15, 0.2) is 5.65 Å². The van der Waals surface area contributed by atoms with Crippen LogP contribution >= 0.6 is 0 Å². The number of nitrogens with zero attached hydrogens (tertiary/aromatic N) is 6. The number of hydrogen-bond donors (Lipinski definition) is 1. The Morgan fingerprint density at radius 2 is 2.00 bits per heavy atom. The Labute approximate surface area is 172 Å². The van der Waals surface area contributed by atoms with E-state index in [2.05, 4.69) is 39.2 Å². The molecule has 1 aliphatic carbocycles. The van der Waals surface area contributed by atoms with Crippen LogP contribution in [-0.2, 0) is 0 Å². The third-order valence-corrected chi connectivity index (χ3v) is 5.55. The number of aryl methyl sites for hydroxylation is 1. The molecule has 0 aromatic carbocycles. The summed E-state index contributed by atoms with van der Waals surface area (Å²) in [6.45, 7) is 6.88. The standard InChI is InChI=1S/C21H23F2N7/c1-12(2)9-25-20-26-11-18-16(4-5-29(18)28-20)14-6-17-19(24-10-14)27-13(3)30(17)15-7-21(22,23)8-15/h4-6,10-12,15H,7-9H2,1-3H3,(H,25,28). The van der Waals surface area contributed by atoms with Crippen molar-refractivity contribution in [2.45, 2.75) is 45.6 Å². The third kappa shape index (κ3) is 3.18. The van der Waals surface area contributed by atoms with Crippen LogP contribution in [0.1, 0.15) is 38.6 Å². The van der Waals surface area contributed by atoms with Gasteiger partial charge in [0.05, 0.1) is 17.2 Å². The molecule has 156 valence electrons. The van der Waals surface area contributed by atoms with Gasteiger partial charge >= 0.3 is 0 Å². The number of rotatable bonds is 5. The Kier molecular flexibility index (Phi) is 4.23. The second kappa shape index (κ2) is 6.72. The number of fused-ring (bicyclic) bond motifs is 2. The smallest absolute Gasteiger partial charge is 0.252 e. The summed E-state index contributed by atoms with van der Waals surface area (Å²) in [6, 6.07) is 3.69. The first kappa shape index (κ1) is 18.9. The van der Waals surface area contributed by atoms with Crippen LogP contribution in [0.25, 0.3) is 27.8 Å². The Hall–Kier alpha value is -3.10. The van der Waals surface area contributed by atoms with Crippen LogP contribution < -0.4 is 5.32 Å². The van der Waals surface area contributed by atoms with Crippen molar-refractivity contribution in [3.63, 3.8) is 0 Å². The fourth-order valence-corrected chi connectivity index (χ4v) is 4.03. The van der Waals surface area contributed by atoms with E-state index in [0.717, 1.165) is 28.7 Å². The normalized spacial score (nSPS) is 16.5. The van der Waals surface area contributed by atoms with Crippen molar-refractivity contribution in [1.29, 1.82) is 0 Å². The van der Waals surface area contributed by atoms with Crippen molar-refractivity contribution in [2.24, 2.45) is 5.92 Å². The molecular formula is C21H23F2N7. The molecule has 0 atom stereocenters. The van der Waals surface area contributed by atoms with E-state index in [1.165, 1.54) is 0 Å². The zero-order chi connectivity index (χ0) is 21.0. The molecule has 1 fully saturated rings. The number of nitrogens with one attached hydrogen (secondary N) is 1. The summed E-state index contributed by atoms with van der Waals surface area (Å²) in [6.07, 6.45) is 5.11. The molecule has 1 aliphatic rings. The molecule has 0 amide bonds. The van der Waals surface area contributed by atoms with Gasteiger partial charge in [0, 0.05) is 48.9 Å². The zero-order valence-electron chi connectivity index (χ0n) is 17.1. The van der Waals surface area contributed by atoms with E-state index in [0.29, 0.717) is 23.3 Å². The van der Waals surface area contributed by atoms with E-state index in [-0.39, 0.29) is 18.9 Å². The van der Waals surface area contributed by atoms with Crippen LogP contribution in [0, 0.1) is 12.8 Å². The molecule has 7 nitrogen and oxygen atoms in total. The van der Waals surface area contributed by atoms with Crippen molar-refractivity contribution in [2.75, 3.05) is 11.9 Å². The van der Waals surface area contributed by atoms with E-state index in [4.69, 9.17) is 0 Å². The molecule has 4 heterocycles. The van der Waals surface area contributed by atoms with Gasteiger partial charge in [-0.05, 0) is 25.0 Å². The van der Waals surface area contributed by atoms with Gasteiger partial charge in [-0.15, -0.1) is 5.10 Å². The summed E-state index contributed by atoms with van der Waals surface area (Å²) in [7, 11) is 0. The Bertz CT molecular complexity index is 1230. The van der Waals surface area contributed by atoms with Crippen LogP contribution in [0.3, 0.4) is 0 Å². The molecule has 0 bridgehead atoms. The highest BCUT2D eigenvalue weighted by molar-refractivity contribution is 5.85. The quantitative estimate of drug-likeness (QED) is 0.524. The molecule has 30 heavy (non-hydrogen) atoms. The van der Waals surface area contributed by atoms with Crippen molar-refractivity contribution in [3.8, 4) is 11.1 Å². The monoisotopic (exact) mass is 411 g/mol. The molecule has 1 saturated carbocycles. The van der Waals surface area contributed by atoms with E-state index in [1.54, 1.807) is 16.9 Å². The average Bonchev–Trinajstić information content (AvgIpc) is 3.23. The van der Waals surface area contributed by atoms with Gasteiger partial charge in [0.1, 0.15) is 5.82 Å². The zero-order valence-corrected chi connectivity index (χ0v) is 17.1. The van der Waals surface area contributed by atoms with E-state index >= 15 is 0 Å². The summed E-state index contributed by atoms with van der Waals surface area (Å²) in [4.78, 5) is 13.4. The fourth-order valence-electron chi connectivity index (χ4n) is 4.03. The number of hydrogen-bond acceptors (Lipinski definition) is 5. The van der Waals surface area contributed by atoms with Gasteiger partial charge in [0.25, 0.3) is 5.92 Å². The highest BCUT2D eigenvalue weighted by Crippen LogP contribution is 2.47. The number of halogens is 2. The van der Waals surface area contributed by atoms with Crippen molar-refractivity contribution in [1.82, 2.24) is 29.1 Å². The summed E-state index contributed by atoms with van der Waals surface area (Å²) in [5.41, 5.74) is 4.02. The maximum atomic E-state index is 13.4. The summed E-state index contributed by atoms with van der Waals surface area (Å²) < 4.78 is 30.6. The van der Waals surface area contributed by atoms with Crippen LogP contribution in [0.2, 0.25) is 0 Å². The van der Waals surface area contributed by atoms with Crippen molar-refractivity contribution >= 4 is 22.6 Å². The Balaban J connectivity index is 1.52. The summed E-state index contributed by atoms with van der Waals surface area (Å²) in [5.74, 6) is -0.811. The van der Waals surface area contributed by atoms with Gasteiger partial charge in [-0.3, -0.25) is 0 Å². The first-order chi connectivity index (χ1) is 14.3. The molecule has 0 spiro atoms. The number of alkyl halides is 2. The van der Waals surface area contributed by atoms with Crippen molar-refractivity contribution < 1.29 is 8.78 Å². The molecular weight excluding hydrogens is 388 g/mol. The molecule has 0 unspecified atom stereocenters. The minimum absolute atomic E-state index is 0.154. The molecule has 4 aromatic heterocycles.